The third kappa shape index (κ3) is 2.78. The molecule has 2 N–H and O–H groups in total. The average molecular weight is 367 g/mol. The van der Waals surface area contributed by atoms with E-state index in [1.165, 1.54) is 35.6 Å². The van der Waals surface area contributed by atoms with Crippen molar-refractivity contribution in [3.8, 4) is 11.1 Å². The van der Waals surface area contributed by atoms with Crippen molar-refractivity contribution in [2.75, 3.05) is 5.32 Å². The average Bonchev–Trinajstić information content (AvgIpc) is 3.02. The van der Waals surface area contributed by atoms with Gasteiger partial charge in [-0.2, -0.15) is 0 Å². The van der Waals surface area contributed by atoms with Crippen molar-refractivity contribution < 1.29 is 19.1 Å². The summed E-state index contributed by atoms with van der Waals surface area (Å²) in [6.45, 7) is 0. The Bertz CT molecular complexity index is 996. The molecule has 2 aromatic carbocycles. The number of carboxylic acid groups (broad SMARTS) is 1. The van der Waals surface area contributed by atoms with Gasteiger partial charge in [-0.3, -0.25) is 4.79 Å². The smallest absolute Gasteiger partial charge is 0.346 e. The lowest BCUT2D eigenvalue weighted by atomic mass is 9.89. The lowest BCUT2D eigenvalue weighted by Gasteiger charge is -2.23. The molecule has 26 heavy (non-hydrogen) atoms. The number of aromatic carboxylic acids is 1. The van der Waals surface area contributed by atoms with Crippen molar-refractivity contribution in [2.45, 2.75) is 12.3 Å². The number of amides is 1. The molecule has 130 valence electrons. The number of rotatable bonds is 3. The molecule has 1 atom stereocenters. The van der Waals surface area contributed by atoms with Gasteiger partial charge in [-0.1, -0.05) is 42.5 Å². The van der Waals surface area contributed by atoms with E-state index in [2.05, 4.69) is 5.32 Å². The maximum Gasteiger partial charge on any atom is 0.346 e. The minimum atomic E-state index is -1.07. The number of carbonyl (C=O) groups excluding carboxylic acids is 1. The minimum Gasteiger partial charge on any atom is -0.477 e. The monoisotopic (exact) mass is 367 g/mol. The van der Waals surface area contributed by atoms with E-state index in [4.69, 9.17) is 0 Å². The van der Waals surface area contributed by atoms with Crippen LogP contribution < -0.4 is 5.32 Å². The van der Waals surface area contributed by atoms with E-state index < -0.39 is 11.8 Å². The SMILES string of the molecule is O=C1C[C@H](c2ccccc2)c2sc(C(=O)O)c(-c3ccc(F)cc3)c2N1. The van der Waals surface area contributed by atoms with Crippen LogP contribution in [0.1, 0.15) is 32.5 Å². The second kappa shape index (κ2) is 6.38. The summed E-state index contributed by atoms with van der Waals surface area (Å²) in [4.78, 5) is 25.1. The molecule has 0 unspecified atom stereocenters. The topological polar surface area (TPSA) is 66.4 Å². The lowest BCUT2D eigenvalue weighted by molar-refractivity contribution is -0.116. The molecule has 1 aromatic heterocycles. The van der Waals surface area contributed by atoms with Crippen LogP contribution in [0.3, 0.4) is 0 Å². The summed E-state index contributed by atoms with van der Waals surface area (Å²) >= 11 is 1.17. The fourth-order valence-electron chi connectivity index (χ4n) is 3.28. The molecule has 0 saturated carbocycles. The summed E-state index contributed by atoms with van der Waals surface area (Å²) in [5.41, 5.74) is 2.48. The van der Waals surface area contributed by atoms with E-state index in [-0.39, 0.29) is 23.1 Å². The summed E-state index contributed by atoms with van der Waals surface area (Å²) in [7, 11) is 0. The Kier molecular flexibility index (Phi) is 4.05. The Hall–Kier alpha value is -2.99. The molecule has 0 saturated heterocycles. The zero-order valence-corrected chi connectivity index (χ0v) is 14.3. The number of carboxylic acids is 1. The van der Waals surface area contributed by atoms with Crippen molar-refractivity contribution in [3.05, 3.63) is 75.7 Å². The van der Waals surface area contributed by atoms with Gasteiger partial charge in [-0.05, 0) is 23.3 Å². The van der Waals surface area contributed by atoms with Gasteiger partial charge >= 0.3 is 5.97 Å². The van der Waals surface area contributed by atoms with Crippen molar-refractivity contribution >= 4 is 28.9 Å². The van der Waals surface area contributed by atoms with Crippen LogP contribution in [0.15, 0.2) is 54.6 Å². The summed E-state index contributed by atoms with van der Waals surface area (Å²) in [5, 5.41) is 12.5. The number of hydrogen-bond acceptors (Lipinski definition) is 3. The quantitative estimate of drug-likeness (QED) is 0.703. The molecule has 1 aliphatic heterocycles. The van der Waals surface area contributed by atoms with Gasteiger partial charge in [-0.25, -0.2) is 9.18 Å². The highest BCUT2D eigenvalue weighted by Gasteiger charge is 2.34. The highest BCUT2D eigenvalue weighted by Crippen LogP contribution is 2.49. The Labute approximate surface area is 152 Å². The first-order valence-electron chi connectivity index (χ1n) is 8.05. The van der Waals surface area contributed by atoms with Crippen molar-refractivity contribution in [2.24, 2.45) is 0 Å². The number of hydrogen-bond donors (Lipinski definition) is 2. The molecule has 0 bridgehead atoms. The maximum absolute atomic E-state index is 13.3. The van der Waals surface area contributed by atoms with Crippen LogP contribution in [0.25, 0.3) is 11.1 Å². The number of thiophene rings is 1. The van der Waals surface area contributed by atoms with Gasteiger partial charge in [0.1, 0.15) is 10.7 Å². The third-order valence-corrected chi connectivity index (χ3v) is 5.73. The van der Waals surface area contributed by atoms with Gasteiger partial charge in [0.25, 0.3) is 0 Å². The van der Waals surface area contributed by atoms with Crippen molar-refractivity contribution in [1.82, 2.24) is 0 Å². The predicted octanol–water partition coefficient (Wildman–Crippen LogP) is 4.73. The van der Waals surface area contributed by atoms with Crippen LogP contribution in [0.5, 0.6) is 0 Å². The molecule has 0 radical (unpaired) electrons. The molecule has 4 rings (SSSR count). The third-order valence-electron chi connectivity index (χ3n) is 4.43. The molecule has 0 fully saturated rings. The Morgan fingerprint density at radius 2 is 1.81 bits per heavy atom. The molecule has 4 nitrogen and oxygen atoms in total. The van der Waals surface area contributed by atoms with Crippen LogP contribution in [-0.2, 0) is 4.79 Å². The van der Waals surface area contributed by atoms with Crippen LogP contribution in [-0.4, -0.2) is 17.0 Å². The zero-order chi connectivity index (χ0) is 18.3. The van der Waals surface area contributed by atoms with Crippen LogP contribution in [0.4, 0.5) is 10.1 Å². The van der Waals surface area contributed by atoms with E-state index in [9.17, 15) is 19.1 Å². The fraction of sp³-hybridized carbons (Fsp3) is 0.100. The number of nitrogens with one attached hydrogen (secondary N) is 1. The number of halogens is 1. The highest BCUT2D eigenvalue weighted by atomic mass is 32.1. The molecule has 6 heteroatoms. The van der Waals surface area contributed by atoms with Crippen molar-refractivity contribution in [1.29, 1.82) is 0 Å². The maximum atomic E-state index is 13.3. The van der Waals surface area contributed by atoms with E-state index in [1.807, 2.05) is 30.3 Å². The number of carbonyl (C=O) groups is 2. The lowest BCUT2D eigenvalue weighted by Crippen LogP contribution is -2.22. The van der Waals surface area contributed by atoms with Crippen molar-refractivity contribution in [3.63, 3.8) is 0 Å². The van der Waals surface area contributed by atoms with Gasteiger partial charge in [0.05, 0.1) is 5.69 Å². The second-order valence-corrected chi connectivity index (χ2v) is 7.13. The fourth-order valence-corrected chi connectivity index (χ4v) is 4.53. The Balaban J connectivity index is 1.94. The molecule has 2 heterocycles. The summed E-state index contributed by atoms with van der Waals surface area (Å²) < 4.78 is 13.3. The normalized spacial score (nSPS) is 16.0. The molecule has 1 amide bonds. The molecule has 0 spiro atoms. The van der Waals surface area contributed by atoms with E-state index in [1.54, 1.807) is 0 Å². The van der Waals surface area contributed by atoms with Gasteiger partial charge in [-0.15, -0.1) is 11.3 Å². The first-order valence-corrected chi connectivity index (χ1v) is 8.87. The van der Waals surface area contributed by atoms with Gasteiger partial charge in [0.15, 0.2) is 0 Å². The molecule has 3 aromatic rings. The van der Waals surface area contributed by atoms with E-state index in [0.29, 0.717) is 16.8 Å². The van der Waals surface area contributed by atoms with E-state index >= 15 is 0 Å². The second-order valence-electron chi connectivity index (χ2n) is 6.07. The van der Waals surface area contributed by atoms with Crippen LogP contribution in [0, 0.1) is 5.82 Å². The standard InChI is InChI=1S/C20H14FNO3S/c21-13-8-6-12(7-9-13)16-17-18(26-19(16)20(24)25)14(10-15(23)22-17)11-4-2-1-3-5-11/h1-9,14H,10H2,(H,22,23)(H,24,25)/t14-/m1/s1. The van der Waals surface area contributed by atoms with Crippen LogP contribution in [0.2, 0.25) is 0 Å². The number of fused-ring (bicyclic) bond motifs is 1. The van der Waals surface area contributed by atoms with E-state index in [0.717, 1.165) is 10.4 Å². The first kappa shape index (κ1) is 16.5. The minimum absolute atomic E-state index is 0.143. The van der Waals surface area contributed by atoms with Gasteiger partial charge < -0.3 is 10.4 Å². The first-order chi connectivity index (χ1) is 12.5. The molecule has 0 aliphatic carbocycles. The number of anilines is 1. The summed E-state index contributed by atoms with van der Waals surface area (Å²) in [5.74, 6) is -1.83. The summed E-state index contributed by atoms with van der Waals surface area (Å²) in [6.07, 6.45) is 0.263. The number of benzene rings is 2. The van der Waals surface area contributed by atoms with Gasteiger partial charge in [0.2, 0.25) is 5.91 Å². The van der Waals surface area contributed by atoms with Gasteiger partial charge in [0, 0.05) is 22.8 Å². The Morgan fingerprint density at radius 1 is 1.12 bits per heavy atom. The summed E-state index contributed by atoms with van der Waals surface area (Å²) in [6, 6.07) is 15.2. The predicted molar refractivity (Wildman–Crippen MR) is 98.2 cm³/mol. The molecular weight excluding hydrogens is 353 g/mol. The largest absolute Gasteiger partial charge is 0.477 e. The van der Waals surface area contributed by atoms with Crippen LogP contribution >= 0.6 is 11.3 Å². The molecular formula is C20H14FNO3S. The molecule has 1 aliphatic rings. The highest BCUT2D eigenvalue weighted by molar-refractivity contribution is 7.15. The zero-order valence-electron chi connectivity index (χ0n) is 13.5. The Morgan fingerprint density at radius 3 is 2.46 bits per heavy atom.